The first kappa shape index (κ1) is 11.9. The SMILES string of the molecule is CCOc1nc2cc(OC)ccn2c(=O)c1Br. The fourth-order valence-corrected chi connectivity index (χ4v) is 1.83. The molecule has 90 valence electrons. The molecular weight excluding hydrogens is 288 g/mol. The Bertz CT molecular complexity index is 609. The minimum absolute atomic E-state index is 0.207. The van der Waals surface area contributed by atoms with E-state index in [0.717, 1.165) is 0 Å². The zero-order valence-corrected chi connectivity index (χ0v) is 11.0. The average molecular weight is 299 g/mol. The minimum Gasteiger partial charge on any atom is -0.497 e. The van der Waals surface area contributed by atoms with Crippen LogP contribution >= 0.6 is 15.9 Å². The van der Waals surface area contributed by atoms with E-state index in [2.05, 4.69) is 20.9 Å². The first-order valence-electron chi connectivity index (χ1n) is 5.06. The summed E-state index contributed by atoms with van der Waals surface area (Å²) in [5.74, 6) is 0.937. The normalized spacial score (nSPS) is 10.5. The van der Waals surface area contributed by atoms with Crippen molar-refractivity contribution in [3.8, 4) is 11.6 Å². The third-order valence-electron chi connectivity index (χ3n) is 2.23. The first-order chi connectivity index (χ1) is 8.17. The topological polar surface area (TPSA) is 52.8 Å². The van der Waals surface area contributed by atoms with Crippen LogP contribution in [0, 0.1) is 0 Å². The number of nitrogens with zero attached hydrogens (tertiary/aromatic N) is 2. The maximum absolute atomic E-state index is 12.0. The number of pyridine rings is 1. The number of aromatic nitrogens is 2. The predicted molar refractivity (Wildman–Crippen MR) is 66.9 cm³/mol. The molecule has 2 rings (SSSR count). The molecule has 17 heavy (non-hydrogen) atoms. The monoisotopic (exact) mass is 298 g/mol. The van der Waals surface area contributed by atoms with Gasteiger partial charge in [-0.2, -0.15) is 4.98 Å². The second-order valence-corrected chi connectivity index (χ2v) is 4.06. The van der Waals surface area contributed by atoms with Crippen LogP contribution in [0.5, 0.6) is 11.6 Å². The maximum Gasteiger partial charge on any atom is 0.276 e. The summed E-state index contributed by atoms with van der Waals surface area (Å²) in [5.41, 5.74) is 0.280. The van der Waals surface area contributed by atoms with Crippen molar-refractivity contribution in [2.45, 2.75) is 6.92 Å². The third kappa shape index (κ3) is 2.12. The number of rotatable bonds is 3. The molecule has 0 aliphatic rings. The molecule has 0 N–H and O–H groups in total. The number of ether oxygens (including phenoxy) is 2. The van der Waals surface area contributed by atoms with Crippen molar-refractivity contribution in [1.82, 2.24) is 9.38 Å². The molecule has 0 aliphatic heterocycles. The highest BCUT2D eigenvalue weighted by atomic mass is 79.9. The van der Waals surface area contributed by atoms with Crippen molar-refractivity contribution in [3.05, 3.63) is 33.2 Å². The quantitative estimate of drug-likeness (QED) is 0.868. The zero-order valence-electron chi connectivity index (χ0n) is 9.44. The molecule has 0 amide bonds. The van der Waals surface area contributed by atoms with Crippen LogP contribution in [-0.4, -0.2) is 23.1 Å². The summed E-state index contributed by atoms with van der Waals surface area (Å²) in [6.45, 7) is 2.28. The van der Waals surface area contributed by atoms with E-state index in [4.69, 9.17) is 9.47 Å². The smallest absolute Gasteiger partial charge is 0.276 e. The van der Waals surface area contributed by atoms with Gasteiger partial charge in [-0.25, -0.2) is 0 Å². The average Bonchev–Trinajstić information content (AvgIpc) is 2.35. The van der Waals surface area contributed by atoms with Crippen LogP contribution in [0.4, 0.5) is 0 Å². The largest absolute Gasteiger partial charge is 0.497 e. The van der Waals surface area contributed by atoms with Gasteiger partial charge in [0, 0.05) is 12.3 Å². The fourth-order valence-electron chi connectivity index (χ4n) is 1.44. The summed E-state index contributed by atoms with van der Waals surface area (Å²) in [6.07, 6.45) is 1.62. The molecule has 0 radical (unpaired) electrons. The van der Waals surface area contributed by atoms with Crippen molar-refractivity contribution >= 4 is 21.6 Å². The molecule has 2 aromatic heterocycles. The molecule has 0 aliphatic carbocycles. The van der Waals surface area contributed by atoms with E-state index in [1.807, 2.05) is 6.92 Å². The van der Waals surface area contributed by atoms with E-state index in [9.17, 15) is 4.79 Å². The number of halogens is 1. The Balaban J connectivity index is 2.72. The molecule has 0 atom stereocenters. The molecule has 0 saturated carbocycles. The highest BCUT2D eigenvalue weighted by Crippen LogP contribution is 2.20. The molecule has 0 spiro atoms. The molecule has 2 aromatic rings. The van der Waals surface area contributed by atoms with E-state index >= 15 is 0 Å². The van der Waals surface area contributed by atoms with Crippen LogP contribution < -0.4 is 15.0 Å². The molecule has 0 bridgehead atoms. The highest BCUT2D eigenvalue weighted by molar-refractivity contribution is 9.10. The summed E-state index contributed by atoms with van der Waals surface area (Å²) < 4.78 is 12.1. The first-order valence-corrected chi connectivity index (χ1v) is 5.85. The Morgan fingerprint density at radius 3 is 2.94 bits per heavy atom. The number of methoxy groups -OCH3 is 1. The van der Waals surface area contributed by atoms with Crippen LogP contribution in [0.15, 0.2) is 27.6 Å². The number of fused-ring (bicyclic) bond motifs is 1. The Morgan fingerprint density at radius 2 is 2.29 bits per heavy atom. The lowest BCUT2D eigenvalue weighted by atomic mass is 10.4. The standard InChI is InChI=1S/C11H11BrN2O3/c1-3-17-10-9(12)11(15)14-5-4-7(16-2)6-8(14)13-10/h4-6H,3H2,1-2H3. The molecule has 0 aromatic carbocycles. The molecular formula is C11H11BrN2O3. The van der Waals surface area contributed by atoms with E-state index < -0.39 is 0 Å². The van der Waals surface area contributed by atoms with E-state index in [1.165, 1.54) is 4.40 Å². The van der Waals surface area contributed by atoms with Crippen molar-refractivity contribution < 1.29 is 9.47 Å². The van der Waals surface area contributed by atoms with Gasteiger partial charge in [-0.05, 0) is 28.9 Å². The molecule has 5 nitrogen and oxygen atoms in total. The molecule has 2 heterocycles. The summed E-state index contributed by atoms with van der Waals surface area (Å²) >= 11 is 3.19. The summed E-state index contributed by atoms with van der Waals surface area (Å²) in [4.78, 5) is 16.2. The van der Waals surface area contributed by atoms with Crippen molar-refractivity contribution in [1.29, 1.82) is 0 Å². The number of hydrogen-bond acceptors (Lipinski definition) is 4. The van der Waals surface area contributed by atoms with Crippen LogP contribution in [0.25, 0.3) is 5.65 Å². The Labute approximate surface area is 106 Å². The second kappa shape index (κ2) is 4.75. The summed E-state index contributed by atoms with van der Waals surface area (Å²) in [6, 6.07) is 3.37. The van der Waals surface area contributed by atoms with E-state index in [1.54, 1.807) is 25.4 Å². The van der Waals surface area contributed by atoms with Crippen LogP contribution in [0.2, 0.25) is 0 Å². The lowest BCUT2D eigenvalue weighted by Crippen LogP contribution is -2.17. The van der Waals surface area contributed by atoms with Crippen LogP contribution in [0.1, 0.15) is 6.92 Å². The van der Waals surface area contributed by atoms with Crippen LogP contribution in [-0.2, 0) is 0 Å². The van der Waals surface area contributed by atoms with Crippen molar-refractivity contribution in [2.75, 3.05) is 13.7 Å². The predicted octanol–water partition coefficient (Wildman–Crippen LogP) is 1.86. The second-order valence-electron chi connectivity index (χ2n) is 3.26. The van der Waals surface area contributed by atoms with Gasteiger partial charge >= 0.3 is 0 Å². The van der Waals surface area contributed by atoms with Gasteiger partial charge in [-0.15, -0.1) is 0 Å². The van der Waals surface area contributed by atoms with Gasteiger partial charge in [0.25, 0.3) is 5.56 Å². The van der Waals surface area contributed by atoms with Gasteiger partial charge in [0.2, 0.25) is 5.88 Å². The molecule has 0 fully saturated rings. The van der Waals surface area contributed by atoms with Gasteiger partial charge in [0.1, 0.15) is 15.9 Å². The zero-order chi connectivity index (χ0) is 12.4. The van der Waals surface area contributed by atoms with E-state index in [-0.39, 0.29) is 5.56 Å². The lowest BCUT2D eigenvalue weighted by molar-refractivity contribution is 0.324. The molecule has 0 saturated heterocycles. The van der Waals surface area contributed by atoms with Gasteiger partial charge in [-0.1, -0.05) is 0 Å². The fraction of sp³-hybridized carbons (Fsp3) is 0.273. The number of hydrogen-bond donors (Lipinski definition) is 0. The van der Waals surface area contributed by atoms with Gasteiger partial charge in [0.15, 0.2) is 0 Å². The van der Waals surface area contributed by atoms with Gasteiger partial charge < -0.3 is 9.47 Å². The van der Waals surface area contributed by atoms with Crippen LogP contribution in [0.3, 0.4) is 0 Å². The Morgan fingerprint density at radius 1 is 1.53 bits per heavy atom. The Hall–Kier alpha value is -1.56. The summed E-state index contributed by atoms with van der Waals surface area (Å²) in [7, 11) is 1.56. The van der Waals surface area contributed by atoms with Gasteiger partial charge in [0.05, 0.1) is 13.7 Å². The molecule has 6 heteroatoms. The summed E-state index contributed by atoms with van der Waals surface area (Å²) in [5, 5.41) is 0. The minimum atomic E-state index is -0.207. The maximum atomic E-state index is 12.0. The van der Waals surface area contributed by atoms with Crippen molar-refractivity contribution in [3.63, 3.8) is 0 Å². The third-order valence-corrected chi connectivity index (χ3v) is 2.91. The lowest BCUT2D eigenvalue weighted by Gasteiger charge is -2.08. The van der Waals surface area contributed by atoms with E-state index in [0.29, 0.717) is 28.4 Å². The van der Waals surface area contributed by atoms with Crippen molar-refractivity contribution in [2.24, 2.45) is 0 Å². The molecule has 0 unspecified atom stereocenters. The Kier molecular flexibility index (Phi) is 3.33. The van der Waals surface area contributed by atoms with Gasteiger partial charge in [-0.3, -0.25) is 9.20 Å². The highest BCUT2D eigenvalue weighted by Gasteiger charge is 2.11.